The van der Waals surface area contributed by atoms with E-state index in [1.807, 2.05) is 0 Å². The van der Waals surface area contributed by atoms with Crippen LogP contribution < -0.4 is 4.90 Å². The Morgan fingerprint density at radius 3 is 2.63 bits per heavy atom. The van der Waals surface area contributed by atoms with Crippen LogP contribution in [0.25, 0.3) is 0 Å². The third-order valence-electron chi connectivity index (χ3n) is 4.01. The van der Waals surface area contributed by atoms with Gasteiger partial charge >= 0.3 is 0 Å². The molecule has 2 heterocycles. The van der Waals surface area contributed by atoms with Gasteiger partial charge in [0.2, 0.25) is 0 Å². The smallest absolute Gasteiger partial charge is 0.185 e. The second-order valence-corrected chi connectivity index (χ2v) is 6.40. The summed E-state index contributed by atoms with van der Waals surface area (Å²) >= 11 is 1.74. The summed E-state index contributed by atoms with van der Waals surface area (Å²) < 4.78 is 0. The highest BCUT2D eigenvalue weighted by molar-refractivity contribution is 7.15. The van der Waals surface area contributed by atoms with Crippen molar-refractivity contribution < 1.29 is 0 Å². The van der Waals surface area contributed by atoms with E-state index in [-0.39, 0.29) is 0 Å². The van der Waals surface area contributed by atoms with Crippen molar-refractivity contribution in [2.45, 2.75) is 32.1 Å². The van der Waals surface area contributed by atoms with E-state index >= 15 is 0 Å². The fourth-order valence-corrected chi connectivity index (χ4v) is 3.75. The van der Waals surface area contributed by atoms with Crippen molar-refractivity contribution in [2.75, 3.05) is 37.6 Å². The van der Waals surface area contributed by atoms with Crippen molar-refractivity contribution in [3.63, 3.8) is 0 Å². The molecule has 5 heteroatoms. The minimum Gasteiger partial charge on any atom is -0.346 e. The molecule has 1 aromatic rings. The molecular weight excluding hydrogens is 256 g/mol. The maximum absolute atomic E-state index is 8.94. The van der Waals surface area contributed by atoms with Gasteiger partial charge in [-0.2, -0.15) is 5.26 Å². The molecule has 0 N–H and O–H groups in total. The first-order chi connectivity index (χ1) is 9.31. The Hall–Kier alpha value is -1.12. The molecule has 2 aliphatic rings. The number of piperazine rings is 1. The van der Waals surface area contributed by atoms with E-state index < -0.39 is 0 Å². The van der Waals surface area contributed by atoms with Gasteiger partial charge in [0.15, 0.2) is 5.13 Å². The molecule has 0 amide bonds. The highest BCUT2D eigenvalue weighted by Crippen LogP contribution is 2.44. The zero-order valence-corrected chi connectivity index (χ0v) is 12.2. The summed E-state index contributed by atoms with van der Waals surface area (Å²) in [5.41, 5.74) is 1.22. The lowest BCUT2D eigenvalue weighted by Gasteiger charge is -2.33. The number of nitriles is 1. The van der Waals surface area contributed by atoms with E-state index in [1.54, 1.807) is 11.3 Å². The number of rotatable bonds is 4. The standard InChI is InChI=1S/C14H20N4S/c1-2-17-7-9-18(10-8-17)14-16-13(11-3-4-11)12(19-14)5-6-15/h11H,2-5,7-10H2,1H3. The Morgan fingerprint density at radius 1 is 1.32 bits per heavy atom. The van der Waals surface area contributed by atoms with Gasteiger partial charge in [-0.1, -0.05) is 6.92 Å². The average molecular weight is 276 g/mol. The van der Waals surface area contributed by atoms with Crippen molar-refractivity contribution in [1.29, 1.82) is 5.26 Å². The minimum absolute atomic E-state index is 0.526. The van der Waals surface area contributed by atoms with Crippen LogP contribution in [0.2, 0.25) is 0 Å². The molecule has 3 rings (SSSR count). The van der Waals surface area contributed by atoms with Crippen LogP contribution in [-0.2, 0) is 6.42 Å². The SMILES string of the molecule is CCN1CCN(c2nc(C3CC3)c(CC#N)s2)CC1. The molecule has 1 aromatic heterocycles. The topological polar surface area (TPSA) is 43.2 Å². The molecule has 1 saturated carbocycles. The van der Waals surface area contributed by atoms with Gasteiger partial charge in [0, 0.05) is 37.0 Å². The highest BCUT2D eigenvalue weighted by atomic mass is 32.1. The van der Waals surface area contributed by atoms with Gasteiger partial charge in [-0.05, 0) is 19.4 Å². The lowest BCUT2D eigenvalue weighted by atomic mass is 10.2. The first kappa shape index (κ1) is 12.9. The maximum Gasteiger partial charge on any atom is 0.185 e. The van der Waals surface area contributed by atoms with Crippen LogP contribution in [0.15, 0.2) is 0 Å². The molecule has 0 atom stereocenters. The lowest BCUT2D eigenvalue weighted by molar-refractivity contribution is 0.271. The van der Waals surface area contributed by atoms with Crippen molar-refractivity contribution in [2.24, 2.45) is 0 Å². The molecule has 1 aliphatic carbocycles. The summed E-state index contributed by atoms with van der Waals surface area (Å²) in [4.78, 5) is 10.9. The fraction of sp³-hybridized carbons (Fsp3) is 0.714. The second kappa shape index (κ2) is 5.48. The quantitative estimate of drug-likeness (QED) is 0.846. The molecule has 0 aromatic carbocycles. The minimum atomic E-state index is 0.526. The van der Waals surface area contributed by atoms with Gasteiger partial charge in [0.25, 0.3) is 0 Å². The average Bonchev–Trinajstić information content (AvgIpc) is 3.21. The van der Waals surface area contributed by atoms with E-state index in [9.17, 15) is 0 Å². The monoisotopic (exact) mass is 276 g/mol. The van der Waals surface area contributed by atoms with Crippen LogP contribution in [0, 0.1) is 11.3 Å². The maximum atomic E-state index is 8.94. The molecule has 1 saturated heterocycles. The van der Waals surface area contributed by atoms with E-state index in [2.05, 4.69) is 22.8 Å². The number of likely N-dealkylation sites (N-methyl/N-ethyl adjacent to an activating group) is 1. The molecule has 0 spiro atoms. The number of nitrogens with zero attached hydrogens (tertiary/aromatic N) is 4. The van der Waals surface area contributed by atoms with Gasteiger partial charge in [-0.15, -0.1) is 11.3 Å². The Morgan fingerprint density at radius 2 is 2.05 bits per heavy atom. The molecule has 0 bridgehead atoms. The number of hydrogen-bond donors (Lipinski definition) is 0. The van der Waals surface area contributed by atoms with Gasteiger partial charge in [-0.25, -0.2) is 4.98 Å². The van der Waals surface area contributed by atoms with E-state index in [4.69, 9.17) is 10.2 Å². The highest BCUT2D eigenvalue weighted by Gasteiger charge is 2.30. The van der Waals surface area contributed by atoms with Crippen LogP contribution in [0.4, 0.5) is 5.13 Å². The number of anilines is 1. The molecule has 4 nitrogen and oxygen atoms in total. The summed E-state index contributed by atoms with van der Waals surface area (Å²) in [6.07, 6.45) is 3.04. The third-order valence-corrected chi connectivity index (χ3v) is 5.14. The van der Waals surface area contributed by atoms with E-state index in [1.165, 1.54) is 23.4 Å². The van der Waals surface area contributed by atoms with Gasteiger partial charge < -0.3 is 9.80 Å². The molecule has 0 unspecified atom stereocenters. The summed E-state index contributed by atoms with van der Waals surface area (Å²) in [5.74, 6) is 0.644. The van der Waals surface area contributed by atoms with Gasteiger partial charge in [-0.3, -0.25) is 0 Å². The first-order valence-corrected chi connectivity index (χ1v) is 7.97. The molecule has 19 heavy (non-hydrogen) atoms. The molecular formula is C14H20N4S. The Kier molecular flexibility index (Phi) is 3.72. The zero-order valence-electron chi connectivity index (χ0n) is 11.4. The van der Waals surface area contributed by atoms with Crippen LogP contribution in [0.5, 0.6) is 0 Å². The summed E-state index contributed by atoms with van der Waals surface area (Å²) in [6.45, 7) is 7.74. The van der Waals surface area contributed by atoms with Crippen molar-refractivity contribution in [3.8, 4) is 6.07 Å². The Labute approximate surface area is 118 Å². The molecule has 1 aliphatic heterocycles. The lowest BCUT2D eigenvalue weighted by Crippen LogP contribution is -2.46. The summed E-state index contributed by atoms with van der Waals surface area (Å²) in [6, 6.07) is 2.28. The molecule has 0 radical (unpaired) electrons. The van der Waals surface area contributed by atoms with Gasteiger partial charge in [0.05, 0.1) is 18.2 Å². The van der Waals surface area contributed by atoms with E-state index in [0.717, 1.165) is 37.9 Å². The first-order valence-electron chi connectivity index (χ1n) is 7.15. The van der Waals surface area contributed by atoms with Crippen molar-refractivity contribution in [3.05, 3.63) is 10.6 Å². The van der Waals surface area contributed by atoms with Crippen molar-refractivity contribution >= 4 is 16.5 Å². The Bertz CT molecular complexity index is 478. The fourth-order valence-electron chi connectivity index (χ4n) is 2.62. The predicted octanol–water partition coefficient (Wildman–Crippen LogP) is 2.23. The Balaban J connectivity index is 1.74. The number of hydrogen-bond acceptors (Lipinski definition) is 5. The number of thiazole rings is 1. The predicted molar refractivity (Wildman–Crippen MR) is 77.7 cm³/mol. The number of aromatic nitrogens is 1. The van der Waals surface area contributed by atoms with Crippen LogP contribution in [-0.4, -0.2) is 42.6 Å². The third kappa shape index (κ3) is 2.75. The van der Waals surface area contributed by atoms with Crippen molar-refractivity contribution in [1.82, 2.24) is 9.88 Å². The largest absolute Gasteiger partial charge is 0.346 e. The van der Waals surface area contributed by atoms with Crippen LogP contribution in [0.3, 0.4) is 0 Å². The van der Waals surface area contributed by atoms with Gasteiger partial charge in [0.1, 0.15) is 0 Å². The molecule has 2 fully saturated rings. The van der Waals surface area contributed by atoms with Crippen LogP contribution in [0.1, 0.15) is 36.3 Å². The van der Waals surface area contributed by atoms with Crippen LogP contribution >= 0.6 is 11.3 Å². The van der Waals surface area contributed by atoms with E-state index in [0.29, 0.717) is 12.3 Å². The second-order valence-electron chi connectivity index (χ2n) is 5.34. The summed E-state index contributed by atoms with van der Waals surface area (Å²) in [5, 5.41) is 10.1. The summed E-state index contributed by atoms with van der Waals surface area (Å²) in [7, 11) is 0. The molecule has 102 valence electrons. The normalized spacial score (nSPS) is 20.5. The zero-order chi connectivity index (χ0) is 13.2.